The Labute approximate surface area is 119 Å². The molecule has 0 spiro atoms. The monoisotopic (exact) mass is 310 g/mol. The molecule has 3 rings (SSSR count). The summed E-state index contributed by atoms with van der Waals surface area (Å²) >= 11 is 5.91. The second-order valence-electron chi connectivity index (χ2n) is 4.21. The highest BCUT2D eigenvalue weighted by Crippen LogP contribution is 2.25. The van der Waals surface area contributed by atoms with Crippen LogP contribution >= 0.6 is 11.6 Å². The summed E-state index contributed by atoms with van der Waals surface area (Å²) in [4.78, 5) is 6.87. The summed E-state index contributed by atoms with van der Waals surface area (Å²) in [6.07, 6.45) is 0. The van der Waals surface area contributed by atoms with Crippen LogP contribution in [0.3, 0.4) is 0 Å². The fourth-order valence-corrected chi connectivity index (χ4v) is 2.59. The summed E-state index contributed by atoms with van der Waals surface area (Å²) in [5, 5.41) is 0.565. The Kier molecular flexibility index (Phi) is 2.99. The molecule has 0 amide bonds. The molecule has 1 N–H and O–H groups in total. The van der Waals surface area contributed by atoms with Crippen molar-refractivity contribution >= 4 is 32.9 Å². The van der Waals surface area contributed by atoms with Crippen molar-refractivity contribution in [1.82, 2.24) is 9.97 Å². The molecule has 0 aliphatic rings. The number of imidazole rings is 1. The number of H-pyrrole nitrogens is 1. The van der Waals surface area contributed by atoms with Gasteiger partial charge < -0.3 is 4.98 Å². The highest BCUT2D eigenvalue weighted by atomic mass is 35.5. The standard InChI is InChI=1S/C13H8ClFN2O2S/c14-9-3-1-2-8(6-9)13-16-11-5-4-10(20(15,18)19)7-12(11)17-13/h1-7H,(H,16,17). The van der Waals surface area contributed by atoms with Crippen LogP contribution in [0.15, 0.2) is 47.4 Å². The minimum atomic E-state index is -4.73. The quantitative estimate of drug-likeness (QED) is 0.736. The molecule has 1 aromatic heterocycles. The van der Waals surface area contributed by atoms with E-state index in [1.54, 1.807) is 18.2 Å². The first kappa shape index (κ1) is 13.1. The van der Waals surface area contributed by atoms with E-state index in [1.807, 2.05) is 6.07 Å². The summed E-state index contributed by atoms with van der Waals surface area (Å²) in [6.45, 7) is 0. The van der Waals surface area contributed by atoms with Crippen molar-refractivity contribution in [1.29, 1.82) is 0 Å². The number of hydrogen-bond donors (Lipinski definition) is 1. The summed E-state index contributed by atoms with van der Waals surface area (Å²) in [6, 6.07) is 10.9. The lowest BCUT2D eigenvalue weighted by atomic mass is 10.2. The normalized spacial score (nSPS) is 11.9. The number of fused-ring (bicyclic) bond motifs is 1. The van der Waals surface area contributed by atoms with Crippen LogP contribution in [-0.4, -0.2) is 18.4 Å². The van der Waals surface area contributed by atoms with Gasteiger partial charge in [-0.25, -0.2) is 4.98 Å². The maximum Gasteiger partial charge on any atom is 0.332 e. The van der Waals surface area contributed by atoms with Gasteiger partial charge in [0.25, 0.3) is 0 Å². The van der Waals surface area contributed by atoms with Crippen molar-refractivity contribution in [2.45, 2.75) is 4.90 Å². The summed E-state index contributed by atoms with van der Waals surface area (Å²) in [5.74, 6) is 0.538. The van der Waals surface area contributed by atoms with Crippen LogP contribution in [0.2, 0.25) is 5.02 Å². The van der Waals surface area contributed by atoms with E-state index in [9.17, 15) is 12.3 Å². The lowest BCUT2D eigenvalue weighted by Gasteiger charge is -1.96. The van der Waals surface area contributed by atoms with Crippen molar-refractivity contribution < 1.29 is 12.3 Å². The predicted molar refractivity (Wildman–Crippen MR) is 74.8 cm³/mol. The molecule has 20 heavy (non-hydrogen) atoms. The number of nitrogens with one attached hydrogen (secondary N) is 1. The van der Waals surface area contributed by atoms with Crippen LogP contribution in [0.25, 0.3) is 22.4 Å². The zero-order chi connectivity index (χ0) is 14.3. The van der Waals surface area contributed by atoms with Gasteiger partial charge in [-0.15, -0.1) is 3.89 Å². The van der Waals surface area contributed by atoms with Crippen molar-refractivity contribution in [3.63, 3.8) is 0 Å². The van der Waals surface area contributed by atoms with Gasteiger partial charge in [0.15, 0.2) is 0 Å². The average molecular weight is 311 g/mol. The topological polar surface area (TPSA) is 62.8 Å². The Morgan fingerprint density at radius 1 is 1.15 bits per heavy atom. The van der Waals surface area contributed by atoms with E-state index in [4.69, 9.17) is 11.6 Å². The van der Waals surface area contributed by atoms with Gasteiger partial charge in [0.05, 0.1) is 11.0 Å². The van der Waals surface area contributed by atoms with Crippen LogP contribution in [0.1, 0.15) is 0 Å². The van der Waals surface area contributed by atoms with Crippen LogP contribution < -0.4 is 0 Å². The molecule has 0 aliphatic carbocycles. The lowest BCUT2D eigenvalue weighted by molar-refractivity contribution is 0.552. The Hall–Kier alpha value is -1.92. The molecule has 0 unspecified atom stereocenters. The van der Waals surface area contributed by atoms with Gasteiger partial charge in [0.2, 0.25) is 0 Å². The van der Waals surface area contributed by atoms with E-state index in [0.717, 1.165) is 5.56 Å². The Morgan fingerprint density at radius 2 is 1.95 bits per heavy atom. The largest absolute Gasteiger partial charge is 0.338 e. The second kappa shape index (κ2) is 4.57. The molecule has 0 saturated carbocycles. The third-order valence-corrected chi connectivity index (χ3v) is 3.89. The Balaban J connectivity index is 2.16. The molecule has 7 heteroatoms. The predicted octanol–water partition coefficient (Wildman–Crippen LogP) is 3.54. The van der Waals surface area contributed by atoms with Crippen LogP contribution in [0.4, 0.5) is 3.89 Å². The molecule has 2 aromatic carbocycles. The lowest BCUT2D eigenvalue weighted by Crippen LogP contribution is -1.90. The van der Waals surface area contributed by atoms with Crippen molar-refractivity contribution in [2.75, 3.05) is 0 Å². The van der Waals surface area contributed by atoms with Crippen molar-refractivity contribution in [3.05, 3.63) is 47.5 Å². The minimum absolute atomic E-state index is 0.397. The molecule has 0 aliphatic heterocycles. The van der Waals surface area contributed by atoms with Gasteiger partial charge in [-0.2, -0.15) is 8.42 Å². The highest BCUT2D eigenvalue weighted by Gasteiger charge is 2.14. The van der Waals surface area contributed by atoms with Crippen LogP contribution in [0.5, 0.6) is 0 Å². The molecule has 0 fully saturated rings. The zero-order valence-electron chi connectivity index (χ0n) is 9.97. The smallest absolute Gasteiger partial charge is 0.332 e. The van der Waals surface area contributed by atoms with E-state index in [0.29, 0.717) is 21.9 Å². The summed E-state index contributed by atoms with van der Waals surface area (Å²) < 4.78 is 34.7. The van der Waals surface area contributed by atoms with Gasteiger partial charge in [-0.1, -0.05) is 23.7 Å². The zero-order valence-corrected chi connectivity index (χ0v) is 11.5. The number of aromatic amines is 1. The molecular weight excluding hydrogens is 303 g/mol. The molecule has 3 aromatic rings. The van der Waals surface area contributed by atoms with E-state index in [2.05, 4.69) is 9.97 Å². The molecule has 4 nitrogen and oxygen atoms in total. The van der Waals surface area contributed by atoms with Crippen molar-refractivity contribution in [3.8, 4) is 11.4 Å². The molecule has 0 atom stereocenters. The number of hydrogen-bond acceptors (Lipinski definition) is 3. The van der Waals surface area contributed by atoms with E-state index >= 15 is 0 Å². The average Bonchev–Trinajstić information content (AvgIpc) is 2.80. The minimum Gasteiger partial charge on any atom is -0.338 e. The van der Waals surface area contributed by atoms with E-state index < -0.39 is 15.1 Å². The molecule has 1 heterocycles. The van der Waals surface area contributed by atoms with Crippen molar-refractivity contribution in [2.24, 2.45) is 0 Å². The summed E-state index contributed by atoms with van der Waals surface area (Å²) in [7, 11) is -4.73. The molecule has 0 bridgehead atoms. The summed E-state index contributed by atoms with van der Waals surface area (Å²) in [5.41, 5.74) is 1.75. The van der Waals surface area contributed by atoms with Crippen LogP contribution in [0, 0.1) is 0 Å². The SMILES string of the molecule is O=S(=O)(F)c1ccc2nc(-c3cccc(Cl)c3)[nH]c2c1. The first-order valence-electron chi connectivity index (χ1n) is 5.64. The van der Waals surface area contributed by atoms with E-state index in [-0.39, 0.29) is 0 Å². The fraction of sp³-hybridized carbons (Fsp3) is 0. The Bertz CT molecular complexity index is 906. The number of rotatable bonds is 2. The third kappa shape index (κ3) is 2.39. The van der Waals surface area contributed by atoms with Crippen LogP contribution in [-0.2, 0) is 10.2 Å². The number of aromatic nitrogens is 2. The first-order chi connectivity index (χ1) is 9.43. The second-order valence-corrected chi connectivity index (χ2v) is 6.00. The maximum absolute atomic E-state index is 13.0. The third-order valence-electron chi connectivity index (χ3n) is 2.83. The first-order valence-corrected chi connectivity index (χ1v) is 7.40. The number of benzene rings is 2. The molecule has 0 saturated heterocycles. The number of halogens is 2. The van der Waals surface area contributed by atoms with Gasteiger partial charge in [-0.3, -0.25) is 0 Å². The van der Waals surface area contributed by atoms with Gasteiger partial charge in [0, 0.05) is 10.6 Å². The van der Waals surface area contributed by atoms with Gasteiger partial charge in [0.1, 0.15) is 10.7 Å². The molecular formula is C13H8ClFN2O2S. The molecule has 0 radical (unpaired) electrons. The van der Waals surface area contributed by atoms with E-state index in [1.165, 1.54) is 18.2 Å². The van der Waals surface area contributed by atoms with Gasteiger partial charge >= 0.3 is 10.2 Å². The Morgan fingerprint density at radius 3 is 2.65 bits per heavy atom. The molecule has 102 valence electrons. The van der Waals surface area contributed by atoms with Gasteiger partial charge in [-0.05, 0) is 30.3 Å². The number of nitrogens with zero attached hydrogens (tertiary/aromatic N) is 1. The fourth-order valence-electron chi connectivity index (χ4n) is 1.91. The highest BCUT2D eigenvalue weighted by molar-refractivity contribution is 7.86. The maximum atomic E-state index is 13.0.